The van der Waals surface area contributed by atoms with Crippen molar-refractivity contribution >= 4 is 11.6 Å². The van der Waals surface area contributed by atoms with Crippen molar-refractivity contribution in [2.75, 3.05) is 13.1 Å². The van der Waals surface area contributed by atoms with Crippen LogP contribution in [0.1, 0.15) is 18.7 Å². The maximum atomic E-state index is 6.06. The second-order valence-electron chi connectivity index (χ2n) is 4.53. The Morgan fingerprint density at radius 3 is 3.06 bits per heavy atom. The number of nitrogens with zero attached hydrogens (tertiary/aromatic N) is 3. The molecule has 5 nitrogen and oxygen atoms in total. The van der Waals surface area contributed by atoms with E-state index in [1.165, 1.54) is 0 Å². The molecule has 3 heterocycles. The van der Waals surface area contributed by atoms with E-state index in [4.69, 9.17) is 16.1 Å². The van der Waals surface area contributed by atoms with E-state index in [0.717, 1.165) is 13.1 Å². The van der Waals surface area contributed by atoms with Gasteiger partial charge in [0.05, 0.1) is 10.9 Å². The van der Waals surface area contributed by atoms with Crippen LogP contribution in [0.25, 0.3) is 11.5 Å². The van der Waals surface area contributed by atoms with Gasteiger partial charge in [-0.15, -0.1) is 0 Å². The van der Waals surface area contributed by atoms with Crippen molar-refractivity contribution in [3.63, 3.8) is 0 Å². The van der Waals surface area contributed by atoms with E-state index < -0.39 is 0 Å². The summed E-state index contributed by atoms with van der Waals surface area (Å²) in [6, 6.07) is 3.54. The number of rotatable bonds is 2. The zero-order valence-electron chi connectivity index (χ0n) is 9.93. The number of halogens is 1. The molecule has 0 saturated carbocycles. The van der Waals surface area contributed by atoms with Gasteiger partial charge in [-0.1, -0.05) is 23.7 Å². The molecule has 94 valence electrons. The third-order valence-corrected chi connectivity index (χ3v) is 3.55. The fourth-order valence-corrected chi connectivity index (χ4v) is 2.38. The maximum absolute atomic E-state index is 6.06. The highest BCUT2D eigenvalue weighted by molar-refractivity contribution is 6.32. The third-order valence-electron chi connectivity index (χ3n) is 3.25. The zero-order chi connectivity index (χ0) is 12.5. The lowest BCUT2D eigenvalue weighted by atomic mass is 9.98. The molecule has 0 bridgehead atoms. The molecular formula is C12H13ClN4O. The molecule has 0 amide bonds. The molecule has 0 aliphatic carbocycles. The van der Waals surface area contributed by atoms with Crippen LogP contribution in [0.4, 0.5) is 0 Å². The Morgan fingerprint density at radius 1 is 1.44 bits per heavy atom. The molecule has 0 unspecified atom stereocenters. The van der Waals surface area contributed by atoms with Crippen LogP contribution in [0.5, 0.6) is 0 Å². The molecule has 2 aromatic rings. The fourth-order valence-electron chi connectivity index (χ4n) is 2.17. The van der Waals surface area contributed by atoms with E-state index >= 15 is 0 Å². The Balaban J connectivity index is 1.92. The average Bonchev–Trinajstić information content (AvgIpc) is 2.98. The highest BCUT2D eigenvalue weighted by Crippen LogP contribution is 2.29. The second-order valence-corrected chi connectivity index (χ2v) is 4.94. The maximum Gasteiger partial charge on any atom is 0.231 e. The van der Waals surface area contributed by atoms with Gasteiger partial charge in [-0.05, 0) is 24.6 Å². The first kappa shape index (κ1) is 11.6. The second kappa shape index (κ2) is 4.66. The first-order valence-electron chi connectivity index (χ1n) is 5.91. The van der Waals surface area contributed by atoms with E-state index in [1.807, 2.05) is 0 Å². The Hall–Kier alpha value is -1.46. The Morgan fingerprint density at radius 2 is 2.33 bits per heavy atom. The van der Waals surface area contributed by atoms with Crippen molar-refractivity contribution in [3.8, 4) is 11.5 Å². The average molecular weight is 265 g/mol. The highest BCUT2D eigenvalue weighted by Gasteiger charge is 2.30. The van der Waals surface area contributed by atoms with Gasteiger partial charge >= 0.3 is 0 Å². The molecule has 1 fully saturated rings. The van der Waals surface area contributed by atoms with Gasteiger partial charge in [-0.2, -0.15) is 4.98 Å². The van der Waals surface area contributed by atoms with Gasteiger partial charge in [0.1, 0.15) is 5.69 Å². The van der Waals surface area contributed by atoms with Crippen LogP contribution < -0.4 is 5.32 Å². The van der Waals surface area contributed by atoms with Crippen molar-refractivity contribution in [1.29, 1.82) is 0 Å². The topological polar surface area (TPSA) is 63.8 Å². The van der Waals surface area contributed by atoms with Crippen LogP contribution in [0.2, 0.25) is 5.02 Å². The summed E-state index contributed by atoms with van der Waals surface area (Å²) < 4.78 is 5.33. The van der Waals surface area contributed by atoms with Gasteiger partial charge < -0.3 is 9.84 Å². The number of hydrogen-bond donors (Lipinski definition) is 1. The molecule has 18 heavy (non-hydrogen) atoms. The molecular weight excluding hydrogens is 252 g/mol. The summed E-state index contributed by atoms with van der Waals surface area (Å²) in [5, 5.41) is 7.81. The van der Waals surface area contributed by atoms with Crippen molar-refractivity contribution in [2.45, 2.75) is 12.8 Å². The van der Waals surface area contributed by atoms with Crippen molar-refractivity contribution < 1.29 is 4.52 Å². The van der Waals surface area contributed by atoms with E-state index in [9.17, 15) is 0 Å². The first-order valence-corrected chi connectivity index (χ1v) is 6.28. The lowest BCUT2D eigenvalue weighted by Crippen LogP contribution is -2.08. The van der Waals surface area contributed by atoms with Crippen LogP contribution in [-0.2, 0) is 0 Å². The molecule has 1 saturated heterocycles. The Kier molecular flexibility index (Phi) is 3.01. The van der Waals surface area contributed by atoms with Crippen LogP contribution in [0.15, 0.2) is 22.9 Å². The van der Waals surface area contributed by atoms with Gasteiger partial charge in [0.25, 0.3) is 0 Å². The minimum absolute atomic E-state index is 0.272. The van der Waals surface area contributed by atoms with E-state index in [-0.39, 0.29) is 5.92 Å². The summed E-state index contributed by atoms with van der Waals surface area (Å²) in [5.41, 5.74) is 0.563. The first-order chi connectivity index (χ1) is 8.75. The molecule has 0 radical (unpaired) electrons. The zero-order valence-corrected chi connectivity index (χ0v) is 10.7. The van der Waals surface area contributed by atoms with Gasteiger partial charge in [-0.3, -0.25) is 4.98 Å². The number of nitrogens with one attached hydrogen (secondary N) is 1. The molecule has 0 spiro atoms. The molecule has 0 aromatic carbocycles. The van der Waals surface area contributed by atoms with Crippen LogP contribution in [-0.4, -0.2) is 28.2 Å². The quantitative estimate of drug-likeness (QED) is 0.900. The predicted molar refractivity (Wildman–Crippen MR) is 67.3 cm³/mol. The minimum Gasteiger partial charge on any atom is -0.339 e. The minimum atomic E-state index is 0.272. The number of pyridine rings is 1. The Labute approximate surface area is 110 Å². The molecule has 6 heteroatoms. The highest BCUT2D eigenvalue weighted by atomic mass is 35.5. The summed E-state index contributed by atoms with van der Waals surface area (Å²) in [4.78, 5) is 8.58. The summed E-state index contributed by atoms with van der Waals surface area (Å²) in [6.07, 6.45) is 1.66. The molecule has 1 aliphatic rings. The number of aromatic nitrogens is 3. The lowest BCUT2D eigenvalue weighted by Gasteiger charge is -2.07. The normalized spacial score (nSPS) is 23.4. The van der Waals surface area contributed by atoms with E-state index in [1.54, 1.807) is 18.3 Å². The number of hydrogen-bond acceptors (Lipinski definition) is 5. The molecule has 2 atom stereocenters. The van der Waals surface area contributed by atoms with Gasteiger partial charge in [0.15, 0.2) is 0 Å². The van der Waals surface area contributed by atoms with Gasteiger partial charge in [0.2, 0.25) is 11.7 Å². The molecule has 1 N–H and O–H groups in total. The summed E-state index contributed by atoms with van der Waals surface area (Å²) in [7, 11) is 0. The Bertz CT molecular complexity index is 557. The van der Waals surface area contributed by atoms with Crippen molar-refractivity contribution in [3.05, 3.63) is 29.2 Å². The van der Waals surface area contributed by atoms with Crippen LogP contribution >= 0.6 is 11.6 Å². The van der Waals surface area contributed by atoms with Crippen LogP contribution in [0, 0.1) is 5.92 Å². The van der Waals surface area contributed by atoms with Crippen molar-refractivity contribution in [2.24, 2.45) is 5.92 Å². The summed E-state index contributed by atoms with van der Waals surface area (Å²) in [5.74, 6) is 1.88. The fraction of sp³-hybridized carbons (Fsp3) is 0.417. The monoisotopic (exact) mass is 264 g/mol. The van der Waals surface area contributed by atoms with Crippen LogP contribution in [0.3, 0.4) is 0 Å². The lowest BCUT2D eigenvalue weighted by molar-refractivity contribution is 0.340. The molecule has 2 aromatic heterocycles. The van der Waals surface area contributed by atoms with Gasteiger partial charge in [-0.25, -0.2) is 0 Å². The van der Waals surface area contributed by atoms with Gasteiger partial charge in [0, 0.05) is 12.7 Å². The predicted octanol–water partition coefficient (Wildman–Crippen LogP) is 2.11. The van der Waals surface area contributed by atoms with Crippen molar-refractivity contribution in [1.82, 2.24) is 20.4 Å². The standard InChI is InChI=1S/C12H13ClN4O/c1-7-5-14-6-8(7)12-16-11(17-18-12)10-9(13)3-2-4-15-10/h2-4,7-8,14H,5-6H2,1H3/t7-,8-/m1/s1. The largest absolute Gasteiger partial charge is 0.339 e. The summed E-state index contributed by atoms with van der Waals surface area (Å²) >= 11 is 6.06. The SMILES string of the molecule is C[C@@H]1CNC[C@H]1c1nc(-c2ncccc2Cl)no1. The smallest absolute Gasteiger partial charge is 0.231 e. The van der Waals surface area contributed by atoms with E-state index in [2.05, 4.69) is 27.4 Å². The van der Waals surface area contributed by atoms with E-state index in [0.29, 0.717) is 28.3 Å². The summed E-state index contributed by atoms with van der Waals surface area (Å²) in [6.45, 7) is 4.02. The molecule has 1 aliphatic heterocycles. The molecule has 3 rings (SSSR count). The third kappa shape index (κ3) is 2.00.